The number of amides is 1. The molecular weight excluding hydrogens is 450 g/mol. The van der Waals surface area contributed by atoms with Gasteiger partial charge in [0.25, 0.3) is 5.91 Å². The highest BCUT2D eigenvalue weighted by Crippen LogP contribution is 2.41. The molecule has 0 spiro atoms. The molecule has 176 valence electrons. The third kappa shape index (κ3) is 4.72. The van der Waals surface area contributed by atoms with E-state index in [9.17, 15) is 14.7 Å². The Morgan fingerprint density at radius 1 is 1.21 bits per heavy atom. The summed E-state index contributed by atoms with van der Waals surface area (Å²) in [7, 11) is 0. The molecule has 8 heteroatoms. The Morgan fingerprint density at radius 3 is 2.59 bits per heavy atom. The summed E-state index contributed by atoms with van der Waals surface area (Å²) in [6.07, 6.45) is 5.32. The van der Waals surface area contributed by atoms with Gasteiger partial charge in [-0.25, -0.2) is 4.98 Å². The summed E-state index contributed by atoms with van der Waals surface area (Å²) in [5, 5.41) is 11.6. The number of Topliss-reactive ketones (excluding diaryl/α,β-unsaturated/α-hetero) is 1. The number of hydrogen-bond acceptors (Lipinski definition) is 7. The fourth-order valence-electron chi connectivity index (χ4n) is 4.03. The Labute approximate surface area is 202 Å². The van der Waals surface area contributed by atoms with Gasteiger partial charge in [-0.3, -0.25) is 14.6 Å². The van der Waals surface area contributed by atoms with Crippen molar-refractivity contribution in [3.8, 4) is 5.75 Å². The predicted octanol–water partition coefficient (Wildman–Crippen LogP) is 5.11. The van der Waals surface area contributed by atoms with Crippen molar-refractivity contribution in [1.82, 2.24) is 14.9 Å². The van der Waals surface area contributed by atoms with Crippen LogP contribution in [0.2, 0.25) is 0 Å². The molecule has 7 nitrogen and oxygen atoms in total. The first-order chi connectivity index (χ1) is 16.4. The normalized spacial score (nSPS) is 15.8. The van der Waals surface area contributed by atoms with Gasteiger partial charge in [-0.1, -0.05) is 31.5 Å². The highest BCUT2D eigenvalue weighted by Gasteiger charge is 2.44. The number of hydrogen-bond donors (Lipinski definition) is 1. The average molecular weight is 478 g/mol. The van der Waals surface area contributed by atoms with E-state index in [1.165, 1.54) is 16.2 Å². The zero-order valence-corrected chi connectivity index (χ0v) is 20.3. The van der Waals surface area contributed by atoms with Crippen molar-refractivity contribution in [3.63, 3.8) is 0 Å². The third-order valence-electron chi connectivity index (χ3n) is 5.70. The molecule has 34 heavy (non-hydrogen) atoms. The van der Waals surface area contributed by atoms with Gasteiger partial charge in [0.2, 0.25) is 5.78 Å². The summed E-state index contributed by atoms with van der Waals surface area (Å²) in [5.41, 5.74) is 2.17. The summed E-state index contributed by atoms with van der Waals surface area (Å²) < 4.78 is 5.77. The van der Waals surface area contributed by atoms with Crippen molar-refractivity contribution in [2.75, 3.05) is 6.61 Å². The lowest BCUT2D eigenvalue weighted by Crippen LogP contribution is -2.30. The molecule has 0 saturated heterocycles. The number of aliphatic hydroxyl groups excluding tert-OH is 1. The number of aromatic nitrogens is 2. The highest BCUT2D eigenvalue weighted by molar-refractivity contribution is 7.14. The smallest absolute Gasteiger partial charge is 0.290 e. The summed E-state index contributed by atoms with van der Waals surface area (Å²) in [4.78, 5) is 37.2. The summed E-state index contributed by atoms with van der Waals surface area (Å²) in [6, 6.07) is 10.2. The molecule has 0 fully saturated rings. The average Bonchev–Trinajstić information content (AvgIpc) is 3.30. The van der Waals surface area contributed by atoms with Crippen molar-refractivity contribution >= 4 is 23.0 Å². The lowest BCUT2D eigenvalue weighted by atomic mass is 9.95. The maximum absolute atomic E-state index is 13.6. The van der Waals surface area contributed by atoms with Crippen LogP contribution in [0.5, 0.6) is 5.75 Å². The number of nitrogens with zero attached hydrogens (tertiary/aromatic N) is 3. The van der Waals surface area contributed by atoms with E-state index in [2.05, 4.69) is 16.9 Å². The molecule has 0 radical (unpaired) electrons. The van der Waals surface area contributed by atoms with E-state index >= 15 is 0 Å². The SMILES string of the molecule is CCCCOc1ccc(C2C(C(=O)c3sc(C)nc3C)=C(O)C(=O)N2Cc2cccnc2)cc1. The molecule has 1 aromatic carbocycles. The monoisotopic (exact) mass is 477 g/mol. The Balaban J connectivity index is 1.73. The van der Waals surface area contributed by atoms with Crippen LogP contribution in [0.25, 0.3) is 0 Å². The highest BCUT2D eigenvalue weighted by atomic mass is 32.1. The van der Waals surface area contributed by atoms with Crippen LogP contribution in [0.4, 0.5) is 0 Å². The van der Waals surface area contributed by atoms with Crippen LogP contribution >= 0.6 is 11.3 Å². The number of carbonyl (C=O) groups excluding carboxylic acids is 2. The van der Waals surface area contributed by atoms with Crippen LogP contribution in [0, 0.1) is 13.8 Å². The molecule has 1 aliphatic heterocycles. The molecule has 3 aromatic rings. The predicted molar refractivity (Wildman–Crippen MR) is 130 cm³/mol. The van der Waals surface area contributed by atoms with E-state index in [1.54, 1.807) is 25.4 Å². The molecule has 1 N–H and O–H groups in total. The zero-order valence-electron chi connectivity index (χ0n) is 19.4. The molecular formula is C26H27N3O4S. The fourth-order valence-corrected chi connectivity index (χ4v) is 4.90. The lowest BCUT2D eigenvalue weighted by molar-refractivity contribution is -0.130. The van der Waals surface area contributed by atoms with E-state index in [-0.39, 0.29) is 17.9 Å². The molecule has 0 bridgehead atoms. The van der Waals surface area contributed by atoms with Gasteiger partial charge >= 0.3 is 0 Å². The zero-order chi connectivity index (χ0) is 24.2. The molecule has 3 heterocycles. The standard InChI is InChI=1S/C26H27N3O4S/c1-4-5-13-33-20-10-8-19(9-11-20)22-21(23(30)25-16(2)28-17(3)34-25)24(31)26(32)29(22)15-18-7-6-12-27-14-18/h6-12,14,22,31H,4-5,13,15H2,1-3H3. The Hall–Kier alpha value is -3.52. The molecule has 1 unspecified atom stereocenters. The molecule has 1 amide bonds. The Morgan fingerprint density at radius 2 is 1.97 bits per heavy atom. The van der Waals surface area contributed by atoms with Gasteiger partial charge in [0, 0.05) is 18.9 Å². The minimum atomic E-state index is -0.744. The number of ketones is 1. The van der Waals surface area contributed by atoms with Gasteiger partial charge in [-0.2, -0.15) is 0 Å². The third-order valence-corrected chi connectivity index (χ3v) is 6.77. The molecule has 0 saturated carbocycles. The second-order valence-electron chi connectivity index (χ2n) is 8.21. The quantitative estimate of drug-likeness (QED) is 0.340. The van der Waals surface area contributed by atoms with Crippen LogP contribution in [-0.2, 0) is 11.3 Å². The first-order valence-corrected chi connectivity index (χ1v) is 12.1. The Kier molecular flexibility index (Phi) is 7.07. The van der Waals surface area contributed by atoms with Gasteiger partial charge in [0.05, 0.1) is 33.8 Å². The van der Waals surface area contributed by atoms with Crippen molar-refractivity contribution in [3.05, 3.63) is 86.8 Å². The number of pyridine rings is 1. The molecule has 0 aliphatic carbocycles. The second kappa shape index (κ2) is 10.2. The maximum atomic E-state index is 13.6. The largest absolute Gasteiger partial charge is 0.503 e. The van der Waals surface area contributed by atoms with Gasteiger partial charge in [-0.05, 0) is 49.6 Å². The van der Waals surface area contributed by atoms with Crippen LogP contribution in [0.3, 0.4) is 0 Å². The van der Waals surface area contributed by atoms with Gasteiger partial charge < -0.3 is 14.7 Å². The molecule has 1 atom stereocenters. The minimum Gasteiger partial charge on any atom is -0.503 e. The van der Waals surface area contributed by atoms with E-state index in [4.69, 9.17) is 4.74 Å². The van der Waals surface area contributed by atoms with Crippen LogP contribution in [-0.4, -0.2) is 38.3 Å². The number of carbonyl (C=O) groups is 2. The lowest BCUT2D eigenvalue weighted by Gasteiger charge is -2.27. The van der Waals surface area contributed by atoms with Crippen molar-refractivity contribution in [2.24, 2.45) is 0 Å². The molecule has 1 aliphatic rings. The minimum absolute atomic E-state index is 0.0697. The molecule has 2 aromatic heterocycles. The van der Waals surface area contributed by atoms with E-state index in [1.807, 2.05) is 37.3 Å². The van der Waals surface area contributed by atoms with Crippen LogP contribution in [0.1, 0.15) is 57.3 Å². The number of thiazole rings is 1. The number of unbranched alkanes of at least 4 members (excludes halogenated alkanes) is 1. The number of ether oxygens (including phenoxy) is 1. The first kappa shape index (κ1) is 23.6. The Bertz CT molecular complexity index is 1220. The van der Waals surface area contributed by atoms with Crippen molar-refractivity contribution in [1.29, 1.82) is 0 Å². The van der Waals surface area contributed by atoms with Gasteiger partial charge in [-0.15, -0.1) is 11.3 Å². The van der Waals surface area contributed by atoms with Crippen LogP contribution in [0.15, 0.2) is 60.1 Å². The van der Waals surface area contributed by atoms with Crippen molar-refractivity contribution < 1.29 is 19.4 Å². The van der Waals surface area contributed by atoms with Crippen molar-refractivity contribution in [2.45, 2.75) is 46.2 Å². The molecule has 4 rings (SSSR count). The maximum Gasteiger partial charge on any atom is 0.290 e. The number of aryl methyl sites for hydroxylation is 2. The number of rotatable bonds is 9. The van der Waals surface area contributed by atoms with E-state index in [0.717, 1.165) is 29.2 Å². The fraction of sp³-hybridized carbons (Fsp3) is 0.308. The van der Waals surface area contributed by atoms with Gasteiger partial charge in [0.1, 0.15) is 5.75 Å². The first-order valence-electron chi connectivity index (χ1n) is 11.2. The van der Waals surface area contributed by atoms with E-state index in [0.29, 0.717) is 22.7 Å². The van der Waals surface area contributed by atoms with Crippen LogP contribution < -0.4 is 4.74 Å². The van der Waals surface area contributed by atoms with E-state index < -0.39 is 17.7 Å². The summed E-state index contributed by atoms with van der Waals surface area (Å²) >= 11 is 1.26. The second-order valence-corrected chi connectivity index (χ2v) is 9.41. The summed E-state index contributed by atoms with van der Waals surface area (Å²) in [5.74, 6) is -0.766. The summed E-state index contributed by atoms with van der Waals surface area (Å²) in [6.45, 7) is 6.51. The number of benzene rings is 1. The topological polar surface area (TPSA) is 92.6 Å². The number of aliphatic hydroxyl groups is 1. The van der Waals surface area contributed by atoms with Gasteiger partial charge in [0.15, 0.2) is 5.76 Å².